The van der Waals surface area contributed by atoms with Gasteiger partial charge in [-0.2, -0.15) is 0 Å². The van der Waals surface area contributed by atoms with Crippen LogP contribution in [0.1, 0.15) is 164 Å². The van der Waals surface area contributed by atoms with Crippen LogP contribution >= 0.6 is 0 Å². The number of ketones is 2. The minimum absolute atomic E-state index is 0.0293. The first kappa shape index (κ1) is 46.5. The maximum atomic E-state index is 13.8. The van der Waals surface area contributed by atoms with Crippen LogP contribution in [-0.2, 0) is 28.5 Å². The number of nitrogens with one attached hydrogen (secondary N) is 3. The van der Waals surface area contributed by atoms with E-state index in [0.29, 0.717) is 57.2 Å². The maximum Gasteiger partial charge on any atom is 0.461 e. The van der Waals surface area contributed by atoms with Gasteiger partial charge in [0.2, 0.25) is 11.8 Å². The first-order valence-corrected chi connectivity index (χ1v) is 21.9. The Morgan fingerprint density at radius 3 is 1.96 bits per heavy atom. The molecular weight excluding hydrogens is 681 g/mol. The van der Waals surface area contributed by atoms with Crippen LogP contribution < -0.4 is 27.4 Å². The molecule has 1 heterocycles. The average Bonchev–Trinajstić information content (AvgIpc) is 3.50. The molecule has 12 heteroatoms. The molecule has 54 heavy (non-hydrogen) atoms. The van der Waals surface area contributed by atoms with E-state index in [4.69, 9.17) is 20.8 Å². The van der Waals surface area contributed by atoms with Gasteiger partial charge in [-0.25, -0.2) is 0 Å². The summed E-state index contributed by atoms with van der Waals surface area (Å²) in [6.07, 6.45) is 16.6. The van der Waals surface area contributed by atoms with Gasteiger partial charge in [0, 0.05) is 31.7 Å². The third kappa shape index (κ3) is 13.7. The summed E-state index contributed by atoms with van der Waals surface area (Å²) < 4.78 is 13.1. The van der Waals surface area contributed by atoms with Crippen LogP contribution in [0.2, 0.25) is 5.82 Å². The van der Waals surface area contributed by atoms with Crippen molar-refractivity contribution in [3.63, 3.8) is 0 Å². The van der Waals surface area contributed by atoms with E-state index in [9.17, 15) is 19.2 Å². The lowest BCUT2D eigenvalue weighted by molar-refractivity contribution is -0.199. The standard InChI is InChI=1S/C42H78BN5O6/c1-7-8-9-10-11-12-13-18-24-46-25-21-39(51)47-33(19-14-16-22-44)35(49)26-30(2)40(52)48-34(20-15-17-23-45)36(50)27-31(3)43-53-38-29-32-28-37(41(32,4)5)42(38,6)54-43/h30-34,37-38,46H,7-29,44-45H2,1-6H3,(H,47,51)(H,48,52)/t30-,31-,32+,33+,34+,37+,38-,42+/m1/s1. The SMILES string of the molecule is CCCCCCCCCCNCCC(=O)N[C@@H](CCCCN)C(=O)C[C@@H](C)C(=O)N[C@@H](CCCCN)C(=O)C[C@@H](C)B1O[C@@H]2C[C@@H]3C[C@@H](C3(C)C)[C@]2(C)O1. The van der Waals surface area contributed by atoms with E-state index in [2.05, 4.69) is 43.6 Å². The summed E-state index contributed by atoms with van der Waals surface area (Å²) in [6, 6.07) is -1.36. The monoisotopic (exact) mass is 760 g/mol. The van der Waals surface area contributed by atoms with Crippen LogP contribution in [0.25, 0.3) is 0 Å². The minimum atomic E-state index is -0.687. The second-order valence-electron chi connectivity index (χ2n) is 17.8. The van der Waals surface area contributed by atoms with Crippen LogP contribution in [0.3, 0.4) is 0 Å². The van der Waals surface area contributed by atoms with Gasteiger partial charge < -0.3 is 36.7 Å². The Bertz CT molecular complexity index is 1170. The van der Waals surface area contributed by atoms with Crippen molar-refractivity contribution >= 4 is 30.5 Å². The van der Waals surface area contributed by atoms with Crippen LogP contribution in [-0.4, -0.2) is 80.5 Å². The first-order valence-electron chi connectivity index (χ1n) is 21.9. The van der Waals surface area contributed by atoms with Gasteiger partial charge in [0.15, 0.2) is 11.6 Å². The summed E-state index contributed by atoms with van der Waals surface area (Å²) in [7, 11) is -0.465. The molecule has 0 radical (unpaired) electrons. The van der Waals surface area contributed by atoms with Crippen molar-refractivity contribution in [2.75, 3.05) is 26.2 Å². The van der Waals surface area contributed by atoms with Gasteiger partial charge in [0.25, 0.3) is 0 Å². The average molecular weight is 760 g/mol. The zero-order chi connectivity index (χ0) is 39.7. The van der Waals surface area contributed by atoms with E-state index in [0.717, 1.165) is 38.6 Å². The smallest absolute Gasteiger partial charge is 0.405 e. The molecule has 0 aromatic carbocycles. The summed E-state index contributed by atoms with van der Waals surface area (Å²) in [5.41, 5.74) is 11.4. The van der Waals surface area contributed by atoms with E-state index < -0.39 is 25.1 Å². The molecule has 3 saturated carbocycles. The molecule has 11 nitrogen and oxygen atoms in total. The highest BCUT2D eigenvalue weighted by molar-refractivity contribution is 6.47. The first-order chi connectivity index (χ1) is 25.8. The van der Waals surface area contributed by atoms with Crippen molar-refractivity contribution in [2.24, 2.45) is 34.6 Å². The van der Waals surface area contributed by atoms with Crippen molar-refractivity contribution in [2.45, 2.75) is 193 Å². The van der Waals surface area contributed by atoms with Gasteiger partial charge >= 0.3 is 7.12 Å². The Morgan fingerprint density at radius 1 is 0.759 bits per heavy atom. The molecule has 0 spiro atoms. The minimum Gasteiger partial charge on any atom is -0.405 e. The lowest BCUT2D eigenvalue weighted by atomic mass is 9.43. The molecule has 4 rings (SSSR count). The van der Waals surface area contributed by atoms with E-state index in [-0.39, 0.29) is 65.6 Å². The van der Waals surface area contributed by atoms with Crippen LogP contribution in [0.15, 0.2) is 0 Å². The third-order valence-electron chi connectivity index (χ3n) is 13.0. The zero-order valence-electron chi connectivity index (χ0n) is 35.0. The molecule has 8 atom stereocenters. The maximum absolute atomic E-state index is 13.8. The number of hydrogen-bond acceptors (Lipinski definition) is 9. The molecule has 0 aromatic rings. The predicted octanol–water partition coefficient (Wildman–Crippen LogP) is 6.01. The third-order valence-corrected chi connectivity index (χ3v) is 13.0. The molecule has 2 bridgehead atoms. The number of Topliss-reactive ketones (excluding diaryl/α,β-unsaturated/α-hetero) is 2. The number of rotatable bonds is 30. The van der Waals surface area contributed by atoms with E-state index in [1.807, 2.05) is 6.92 Å². The Hall–Kier alpha value is -1.86. The van der Waals surface area contributed by atoms with Crippen LogP contribution in [0.5, 0.6) is 0 Å². The zero-order valence-corrected chi connectivity index (χ0v) is 35.0. The Kier molecular flexibility index (Phi) is 20.2. The fraction of sp³-hybridized carbons (Fsp3) is 0.905. The van der Waals surface area contributed by atoms with Crippen LogP contribution in [0.4, 0.5) is 0 Å². The van der Waals surface area contributed by atoms with E-state index >= 15 is 0 Å². The van der Waals surface area contributed by atoms with Crippen molar-refractivity contribution in [3.8, 4) is 0 Å². The van der Waals surface area contributed by atoms with Crippen molar-refractivity contribution in [1.29, 1.82) is 0 Å². The van der Waals surface area contributed by atoms with Crippen molar-refractivity contribution < 1.29 is 28.5 Å². The topological polar surface area (TPSA) is 175 Å². The molecule has 3 aliphatic carbocycles. The molecule has 0 aromatic heterocycles. The van der Waals surface area contributed by atoms with E-state index in [1.54, 1.807) is 6.92 Å². The van der Waals surface area contributed by atoms with Crippen molar-refractivity contribution in [1.82, 2.24) is 16.0 Å². The Morgan fingerprint density at radius 2 is 1.35 bits per heavy atom. The summed E-state index contributed by atoms with van der Waals surface area (Å²) in [5, 5.41) is 9.27. The molecule has 4 fully saturated rings. The fourth-order valence-electron chi connectivity index (χ4n) is 9.14. The van der Waals surface area contributed by atoms with Gasteiger partial charge in [-0.3, -0.25) is 19.2 Å². The van der Waals surface area contributed by atoms with Gasteiger partial charge in [0.05, 0.1) is 23.8 Å². The highest BCUT2D eigenvalue weighted by Gasteiger charge is 2.68. The van der Waals surface area contributed by atoms with Gasteiger partial charge in [0.1, 0.15) is 0 Å². The summed E-state index contributed by atoms with van der Waals surface area (Å²) in [4.78, 5) is 53.7. The van der Waals surface area contributed by atoms with Crippen LogP contribution in [0, 0.1) is 23.2 Å². The van der Waals surface area contributed by atoms with Gasteiger partial charge in [-0.1, -0.05) is 79.6 Å². The number of amides is 2. The molecule has 1 saturated heterocycles. The number of hydrogen-bond donors (Lipinski definition) is 5. The van der Waals surface area contributed by atoms with Gasteiger partial charge in [-0.15, -0.1) is 0 Å². The highest BCUT2D eigenvalue weighted by atomic mass is 16.7. The van der Waals surface area contributed by atoms with E-state index in [1.165, 1.54) is 44.9 Å². The fourth-order valence-corrected chi connectivity index (χ4v) is 9.14. The Balaban J connectivity index is 1.47. The van der Waals surface area contributed by atoms with Crippen molar-refractivity contribution in [3.05, 3.63) is 0 Å². The number of carbonyl (C=O) groups is 4. The normalized spacial score (nSPS) is 24.9. The molecule has 4 aliphatic rings. The molecule has 7 N–H and O–H groups in total. The number of carbonyl (C=O) groups excluding carboxylic acids is 4. The van der Waals surface area contributed by atoms with Gasteiger partial charge in [-0.05, 0) is 107 Å². The second-order valence-corrected chi connectivity index (χ2v) is 17.8. The lowest BCUT2D eigenvalue weighted by Gasteiger charge is -2.64. The molecular formula is C42H78BN5O6. The predicted molar refractivity (Wildman–Crippen MR) is 218 cm³/mol. The second kappa shape index (κ2) is 23.4. The lowest BCUT2D eigenvalue weighted by Crippen LogP contribution is -2.65. The number of nitrogens with two attached hydrogens (primary N) is 2. The molecule has 310 valence electrons. The quantitative estimate of drug-likeness (QED) is 0.0434. The number of unbranched alkanes of at least 4 members (excludes halogenated alkanes) is 9. The Labute approximate surface area is 328 Å². The summed E-state index contributed by atoms with van der Waals surface area (Å²) in [6.45, 7) is 15.2. The molecule has 1 aliphatic heterocycles. The summed E-state index contributed by atoms with van der Waals surface area (Å²) in [5.74, 6) is -0.516. The highest BCUT2D eigenvalue weighted by Crippen LogP contribution is 2.66. The summed E-state index contributed by atoms with van der Waals surface area (Å²) >= 11 is 0. The molecule has 2 amide bonds. The molecule has 0 unspecified atom stereocenters. The largest absolute Gasteiger partial charge is 0.461 e.